The molecule has 0 aromatic carbocycles. The summed E-state index contributed by atoms with van der Waals surface area (Å²) in [5.41, 5.74) is 1.19. The molecule has 0 bridgehead atoms. The van der Waals surface area contributed by atoms with Gasteiger partial charge in [-0.3, -0.25) is 4.90 Å². The maximum atomic E-state index is 4.57. The van der Waals surface area contributed by atoms with Gasteiger partial charge in [0.25, 0.3) is 0 Å². The lowest BCUT2D eigenvalue weighted by atomic mass is 10.0. The lowest BCUT2D eigenvalue weighted by Crippen LogP contribution is -2.46. The minimum absolute atomic E-state index is 0.572. The molecule has 1 saturated heterocycles. The first-order chi connectivity index (χ1) is 10.2. The molecule has 0 unspecified atom stereocenters. The summed E-state index contributed by atoms with van der Waals surface area (Å²) < 4.78 is 0. The maximum absolute atomic E-state index is 4.57. The Morgan fingerprint density at radius 3 is 3.05 bits per heavy atom. The first-order valence-electron chi connectivity index (χ1n) is 7.49. The minimum Gasteiger partial charge on any atom is -0.355 e. The molecule has 21 heavy (non-hydrogen) atoms. The Morgan fingerprint density at radius 1 is 1.43 bits per heavy atom. The third kappa shape index (κ3) is 3.60. The van der Waals surface area contributed by atoms with Gasteiger partial charge < -0.3 is 4.90 Å². The van der Waals surface area contributed by atoms with Crippen LogP contribution in [-0.2, 0) is 6.54 Å². The molecule has 0 radical (unpaired) electrons. The fourth-order valence-corrected chi connectivity index (χ4v) is 3.53. The number of thiazole rings is 1. The van der Waals surface area contributed by atoms with Crippen LogP contribution in [0, 0.1) is 6.92 Å². The van der Waals surface area contributed by atoms with Gasteiger partial charge in [-0.25, -0.2) is 9.97 Å². The van der Waals surface area contributed by atoms with Crippen molar-refractivity contribution in [3.05, 3.63) is 40.5 Å². The predicted molar refractivity (Wildman–Crippen MR) is 87.8 cm³/mol. The zero-order chi connectivity index (χ0) is 14.7. The zero-order valence-electron chi connectivity index (χ0n) is 12.7. The van der Waals surface area contributed by atoms with Crippen LogP contribution in [0.5, 0.6) is 0 Å². The van der Waals surface area contributed by atoms with Crippen LogP contribution in [0.25, 0.3) is 0 Å². The van der Waals surface area contributed by atoms with Gasteiger partial charge in [0.1, 0.15) is 5.82 Å². The van der Waals surface area contributed by atoms with E-state index in [1.54, 1.807) is 11.3 Å². The number of aryl methyl sites for hydroxylation is 1. The van der Waals surface area contributed by atoms with Crippen molar-refractivity contribution >= 4 is 17.2 Å². The molecule has 0 saturated carbocycles. The second kappa shape index (κ2) is 6.54. The Morgan fingerprint density at radius 2 is 2.33 bits per heavy atom. The molecule has 1 aliphatic rings. The lowest BCUT2D eigenvalue weighted by Gasteiger charge is -2.38. The molecule has 112 valence electrons. The van der Waals surface area contributed by atoms with Crippen molar-refractivity contribution in [3.8, 4) is 0 Å². The second-order valence-electron chi connectivity index (χ2n) is 5.70. The molecular formula is C16H22N4S. The van der Waals surface area contributed by atoms with Crippen molar-refractivity contribution in [1.29, 1.82) is 0 Å². The van der Waals surface area contributed by atoms with E-state index in [-0.39, 0.29) is 0 Å². The van der Waals surface area contributed by atoms with Gasteiger partial charge in [-0.05, 0) is 38.9 Å². The van der Waals surface area contributed by atoms with Crippen molar-refractivity contribution in [1.82, 2.24) is 14.9 Å². The molecule has 3 heterocycles. The number of piperidine rings is 1. The average molecular weight is 302 g/mol. The SMILES string of the molecule is Cc1nc(CN(C)[C@@H]2CCCN(c3ccccn3)C2)cs1. The standard InChI is InChI=1S/C16H22N4S/c1-13-18-14(12-21-13)10-19(2)15-6-5-9-20(11-15)16-7-3-4-8-17-16/h3-4,7-8,12,15H,5-6,9-11H2,1-2H3/t15-/m1/s1. The Kier molecular flexibility index (Phi) is 4.51. The van der Waals surface area contributed by atoms with Gasteiger partial charge in [-0.15, -0.1) is 11.3 Å². The van der Waals surface area contributed by atoms with Crippen LogP contribution in [0.4, 0.5) is 5.82 Å². The molecule has 4 nitrogen and oxygen atoms in total. The minimum atomic E-state index is 0.572. The number of pyridine rings is 1. The second-order valence-corrected chi connectivity index (χ2v) is 6.77. The van der Waals surface area contributed by atoms with Crippen molar-refractivity contribution in [2.75, 3.05) is 25.0 Å². The first kappa shape index (κ1) is 14.5. The highest BCUT2D eigenvalue weighted by atomic mass is 32.1. The quantitative estimate of drug-likeness (QED) is 0.869. The molecule has 1 fully saturated rings. The monoisotopic (exact) mass is 302 g/mol. The van der Waals surface area contributed by atoms with Crippen molar-refractivity contribution in [3.63, 3.8) is 0 Å². The largest absolute Gasteiger partial charge is 0.355 e. The fourth-order valence-electron chi connectivity index (χ4n) is 2.93. The van der Waals surface area contributed by atoms with Gasteiger partial charge in [-0.1, -0.05) is 6.07 Å². The highest BCUT2D eigenvalue weighted by Gasteiger charge is 2.24. The topological polar surface area (TPSA) is 32.3 Å². The summed E-state index contributed by atoms with van der Waals surface area (Å²) in [5.74, 6) is 1.10. The normalized spacial score (nSPS) is 19.2. The molecule has 3 rings (SSSR count). The van der Waals surface area contributed by atoms with Crippen LogP contribution in [0.15, 0.2) is 29.8 Å². The van der Waals surface area contributed by atoms with Crippen LogP contribution in [0.3, 0.4) is 0 Å². The number of likely N-dealkylation sites (N-methyl/N-ethyl adjacent to an activating group) is 1. The molecule has 2 aromatic heterocycles. The summed E-state index contributed by atoms with van der Waals surface area (Å²) in [6, 6.07) is 6.71. The Balaban J connectivity index is 1.62. The summed E-state index contributed by atoms with van der Waals surface area (Å²) in [6.07, 6.45) is 4.35. The molecule has 2 aromatic rings. The molecule has 0 amide bonds. The maximum Gasteiger partial charge on any atom is 0.128 e. The van der Waals surface area contributed by atoms with E-state index < -0.39 is 0 Å². The molecule has 0 aliphatic carbocycles. The number of aromatic nitrogens is 2. The van der Waals surface area contributed by atoms with Gasteiger partial charge in [0.05, 0.1) is 10.7 Å². The van der Waals surface area contributed by atoms with Crippen molar-refractivity contribution < 1.29 is 0 Å². The number of anilines is 1. The van der Waals surface area contributed by atoms with Gasteiger partial charge in [0, 0.05) is 37.3 Å². The van der Waals surface area contributed by atoms with E-state index in [0.29, 0.717) is 6.04 Å². The molecule has 0 N–H and O–H groups in total. The number of hydrogen-bond donors (Lipinski definition) is 0. The third-order valence-corrected chi connectivity index (χ3v) is 4.89. The summed E-state index contributed by atoms with van der Waals surface area (Å²) >= 11 is 1.73. The van der Waals surface area contributed by atoms with Gasteiger partial charge >= 0.3 is 0 Å². The van der Waals surface area contributed by atoms with E-state index in [1.165, 1.54) is 18.5 Å². The lowest BCUT2D eigenvalue weighted by molar-refractivity contribution is 0.205. The highest BCUT2D eigenvalue weighted by Crippen LogP contribution is 2.21. The fraction of sp³-hybridized carbons (Fsp3) is 0.500. The Bertz CT molecular complexity index is 569. The summed E-state index contributed by atoms with van der Waals surface area (Å²) in [6.45, 7) is 5.16. The van der Waals surface area contributed by atoms with Crippen LogP contribution in [-0.4, -0.2) is 41.0 Å². The van der Waals surface area contributed by atoms with E-state index in [9.17, 15) is 0 Å². The highest BCUT2D eigenvalue weighted by molar-refractivity contribution is 7.09. The molecular weight excluding hydrogens is 280 g/mol. The Labute approximate surface area is 130 Å². The van der Waals surface area contributed by atoms with Crippen LogP contribution >= 0.6 is 11.3 Å². The molecule has 0 spiro atoms. The van der Waals surface area contributed by atoms with E-state index in [2.05, 4.69) is 51.3 Å². The average Bonchev–Trinajstić information content (AvgIpc) is 2.93. The Hall–Kier alpha value is -1.46. The van der Waals surface area contributed by atoms with Crippen LogP contribution in [0.1, 0.15) is 23.5 Å². The van der Waals surface area contributed by atoms with Gasteiger partial charge in [0.2, 0.25) is 0 Å². The summed E-state index contributed by atoms with van der Waals surface area (Å²) in [7, 11) is 2.21. The van der Waals surface area contributed by atoms with Gasteiger partial charge in [-0.2, -0.15) is 0 Å². The smallest absolute Gasteiger partial charge is 0.128 e. The summed E-state index contributed by atoms with van der Waals surface area (Å²) in [5, 5.41) is 3.32. The first-order valence-corrected chi connectivity index (χ1v) is 8.37. The van der Waals surface area contributed by atoms with Crippen molar-refractivity contribution in [2.24, 2.45) is 0 Å². The van der Waals surface area contributed by atoms with Crippen molar-refractivity contribution in [2.45, 2.75) is 32.4 Å². The van der Waals surface area contributed by atoms with Crippen LogP contribution in [0.2, 0.25) is 0 Å². The van der Waals surface area contributed by atoms with E-state index in [0.717, 1.165) is 30.5 Å². The zero-order valence-corrected chi connectivity index (χ0v) is 13.5. The number of rotatable bonds is 4. The molecule has 5 heteroatoms. The third-order valence-electron chi connectivity index (χ3n) is 4.07. The van der Waals surface area contributed by atoms with E-state index in [4.69, 9.17) is 0 Å². The molecule has 1 aliphatic heterocycles. The summed E-state index contributed by atoms with van der Waals surface area (Å²) in [4.78, 5) is 13.9. The van der Waals surface area contributed by atoms with E-state index >= 15 is 0 Å². The predicted octanol–water partition coefficient (Wildman–Crippen LogP) is 2.95. The number of hydrogen-bond acceptors (Lipinski definition) is 5. The van der Waals surface area contributed by atoms with Gasteiger partial charge in [0.15, 0.2) is 0 Å². The van der Waals surface area contributed by atoms with E-state index in [1.807, 2.05) is 12.3 Å². The molecule has 1 atom stereocenters. The number of nitrogens with zero attached hydrogens (tertiary/aromatic N) is 4. The van der Waals surface area contributed by atoms with Crippen LogP contribution < -0.4 is 4.90 Å².